The Morgan fingerprint density at radius 1 is 0.750 bits per heavy atom. The fourth-order valence-electron chi connectivity index (χ4n) is 1.78. The molecule has 3 N–H and O–H groups in total. The molecule has 0 radical (unpaired) electrons. The molecule has 24 heavy (non-hydrogen) atoms. The van der Waals surface area contributed by atoms with Gasteiger partial charge in [-0.05, 0) is 24.3 Å². The first-order chi connectivity index (χ1) is 11.5. The zero-order valence-corrected chi connectivity index (χ0v) is 12.3. The van der Waals surface area contributed by atoms with Crippen molar-refractivity contribution in [3.63, 3.8) is 0 Å². The lowest BCUT2D eigenvalue weighted by Crippen LogP contribution is -2.46. The molecule has 0 atom stereocenters. The van der Waals surface area contributed by atoms with Gasteiger partial charge in [-0.15, -0.1) is 0 Å². The molecule has 124 valence electrons. The van der Waals surface area contributed by atoms with Crippen molar-refractivity contribution in [2.24, 2.45) is 0 Å². The monoisotopic (exact) mass is 333 g/mol. The fraction of sp³-hybridized carbons (Fsp3) is 0.0625. The Bertz CT molecular complexity index is 717. The molecule has 3 amide bonds. The summed E-state index contributed by atoms with van der Waals surface area (Å²) in [7, 11) is 0. The van der Waals surface area contributed by atoms with Crippen molar-refractivity contribution >= 4 is 17.7 Å². The predicted molar refractivity (Wildman–Crippen MR) is 80.7 cm³/mol. The Morgan fingerprint density at radius 3 is 1.79 bits per heavy atom. The van der Waals surface area contributed by atoms with Gasteiger partial charge in [0.1, 0.15) is 11.6 Å². The Morgan fingerprint density at radius 2 is 1.25 bits per heavy atom. The smallest absolute Gasteiger partial charge is 0.272 e. The van der Waals surface area contributed by atoms with E-state index in [4.69, 9.17) is 0 Å². The molecule has 0 saturated carbocycles. The number of amides is 3. The largest absolute Gasteiger partial charge is 0.343 e. The molecular weight excluding hydrogens is 320 g/mol. The Balaban J connectivity index is 1.82. The first-order valence-electron chi connectivity index (χ1n) is 6.85. The van der Waals surface area contributed by atoms with Gasteiger partial charge in [0.05, 0.1) is 17.7 Å². The molecular formula is C16H13F2N3O3. The molecule has 8 heteroatoms. The molecule has 2 rings (SSSR count). The Labute approximate surface area is 135 Å². The van der Waals surface area contributed by atoms with Crippen LogP contribution in [0, 0.1) is 11.6 Å². The van der Waals surface area contributed by atoms with Gasteiger partial charge in [0.2, 0.25) is 0 Å². The maximum absolute atomic E-state index is 13.4. The van der Waals surface area contributed by atoms with Crippen LogP contribution in [0.25, 0.3) is 0 Å². The molecule has 0 bridgehead atoms. The van der Waals surface area contributed by atoms with Gasteiger partial charge >= 0.3 is 0 Å². The summed E-state index contributed by atoms with van der Waals surface area (Å²) in [5.74, 6) is -3.84. The molecule has 0 saturated heterocycles. The third kappa shape index (κ3) is 4.35. The van der Waals surface area contributed by atoms with Gasteiger partial charge in [-0.2, -0.15) is 0 Å². The van der Waals surface area contributed by atoms with Crippen molar-refractivity contribution in [3.8, 4) is 0 Å². The van der Waals surface area contributed by atoms with Crippen LogP contribution < -0.4 is 16.2 Å². The quantitative estimate of drug-likeness (QED) is 0.734. The molecule has 6 nitrogen and oxygen atoms in total. The van der Waals surface area contributed by atoms with Crippen LogP contribution in [-0.4, -0.2) is 24.3 Å². The summed E-state index contributed by atoms with van der Waals surface area (Å²) >= 11 is 0. The molecule has 0 fully saturated rings. The molecule has 0 aliphatic rings. The van der Waals surface area contributed by atoms with Crippen molar-refractivity contribution in [1.82, 2.24) is 16.2 Å². The van der Waals surface area contributed by atoms with E-state index >= 15 is 0 Å². The Kier molecular flexibility index (Phi) is 5.56. The standard InChI is InChI=1S/C16H13F2N3O3/c17-12-7-3-1-5-10(12)15(23)19-9-14(22)20-21-16(24)11-6-2-4-8-13(11)18/h1-8H,9H2,(H,19,23)(H,20,22)(H,21,24). The van der Waals surface area contributed by atoms with Gasteiger partial charge in [0, 0.05) is 0 Å². The summed E-state index contributed by atoms with van der Waals surface area (Å²) in [6, 6.07) is 10.5. The second-order valence-electron chi connectivity index (χ2n) is 4.64. The van der Waals surface area contributed by atoms with Crippen molar-refractivity contribution in [2.45, 2.75) is 0 Å². The van der Waals surface area contributed by atoms with Gasteiger partial charge in [0.25, 0.3) is 17.7 Å². The Hall–Kier alpha value is -3.29. The van der Waals surface area contributed by atoms with Gasteiger partial charge in [-0.3, -0.25) is 25.2 Å². The molecule has 0 spiro atoms. The van der Waals surface area contributed by atoms with E-state index in [2.05, 4.69) is 5.32 Å². The highest BCUT2D eigenvalue weighted by atomic mass is 19.1. The number of carbonyl (C=O) groups excluding carboxylic acids is 3. The number of carbonyl (C=O) groups is 3. The van der Waals surface area contributed by atoms with Crippen molar-refractivity contribution in [3.05, 3.63) is 71.3 Å². The number of hydrogen-bond acceptors (Lipinski definition) is 3. The second-order valence-corrected chi connectivity index (χ2v) is 4.64. The highest BCUT2D eigenvalue weighted by molar-refractivity contribution is 5.98. The van der Waals surface area contributed by atoms with Crippen LogP contribution >= 0.6 is 0 Å². The first kappa shape index (κ1) is 17.1. The topological polar surface area (TPSA) is 87.3 Å². The van der Waals surface area contributed by atoms with Crippen LogP contribution in [0.5, 0.6) is 0 Å². The summed E-state index contributed by atoms with van der Waals surface area (Å²) in [6.07, 6.45) is 0. The van der Waals surface area contributed by atoms with E-state index in [1.54, 1.807) is 0 Å². The number of rotatable bonds is 4. The van der Waals surface area contributed by atoms with E-state index in [0.29, 0.717) is 0 Å². The normalized spacial score (nSPS) is 9.92. The number of halogens is 2. The van der Waals surface area contributed by atoms with Crippen LogP contribution in [0.4, 0.5) is 8.78 Å². The van der Waals surface area contributed by atoms with Crippen molar-refractivity contribution in [1.29, 1.82) is 0 Å². The van der Waals surface area contributed by atoms with Crippen LogP contribution in [-0.2, 0) is 4.79 Å². The molecule has 0 aliphatic carbocycles. The van der Waals surface area contributed by atoms with E-state index in [9.17, 15) is 23.2 Å². The zero-order chi connectivity index (χ0) is 17.5. The minimum Gasteiger partial charge on any atom is -0.343 e. The van der Waals surface area contributed by atoms with Gasteiger partial charge in [-0.25, -0.2) is 8.78 Å². The number of benzene rings is 2. The van der Waals surface area contributed by atoms with Gasteiger partial charge in [0.15, 0.2) is 0 Å². The SMILES string of the molecule is O=C(CNC(=O)c1ccccc1F)NNC(=O)c1ccccc1F. The van der Waals surface area contributed by atoms with E-state index in [-0.39, 0.29) is 11.1 Å². The van der Waals surface area contributed by atoms with E-state index in [1.807, 2.05) is 10.9 Å². The van der Waals surface area contributed by atoms with Crippen LogP contribution in [0.3, 0.4) is 0 Å². The second kappa shape index (κ2) is 7.82. The average molecular weight is 333 g/mol. The maximum Gasteiger partial charge on any atom is 0.272 e. The van der Waals surface area contributed by atoms with E-state index < -0.39 is 35.9 Å². The van der Waals surface area contributed by atoms with Gasteiger partial charge < -0.3 is 5.32 Å². The zero-order valence-electron chi connectivity index (χ0n) is 12.3. The fourth-order valence-corrected chi connectivity index (χ4v) is 1.78. The van der Waals surface area contributed by atoms with Crippen LogP contribution in [0.15, 0.2) is 48.5 Å². The number of nitrogens with one attached hydrogen (secondary N) is 3. The number of hydrogen-bond donors (Lipinski definition) is 3. The molecule has 2 aromatic carbocycles. The van der Waals surface area contributed by atoms with Crippen molar-refractivity contribution < 1.29 is 23.2 Å². The summed E-state index contributed by atoms with van der Waals surface area (Å²) in [5.41, 5.74) is 3.58. The molecule has 0 aliphatic heterocycles. The van der Waals surface area contributed by atoms with E-state index in [1.165, 1.54) is 36.4 Å². The minimum atomic E-state index is -0.845. The summed E-state index contributed by atoms with van der Waals surface area (Å²) in [5, 5.41) is 2.20. The van der Waals surface area contributed by atoms with Crippen molar-refractivity contribution in [2.75, 3.05) is 6.54 Å². The number of hydrazine groups is 1. The van der Waals surface area contributed by atoms with Crippen LogP contribution in [0.1, 0.15) is 20.7 Å². The molecule has 2 aromatic rings. The third-order valence-corrected chi connectivity index (χ3v) is 2.96. The predicted octanol–water partition coefficient (Wildman–Crippen LogP) is 1.16. The first-order valence-corrected chi connectivity index (χ1v) is 6.85. The molecule has 0 aromatic heterocycles. The lowest BCUT2D eigenvalue weighted by Gasteiger charge is -2.09. The lowest BCUT2D eigenvalue weighted by molar-refractivity contribution is -0.120. The average Bonchev–Trinajstić information content (AvgIpc) is 2.58. The molecule has 0 unspecified atom stereocenters. The maximum atomic E-state index is 13.4. The third-order valence-electron chi connectivity index (χ3n) is 2.96. The van der Waals surface area contributed by atoms with E-state index in [0.717, 1.165) is 12.1 Å². The van der Waals surface area contributed by atoms with Gasteiger partial charge in [-0.1, -0.05) is 24.3 Å². The minimum absolute atomic E-state index is 0.208. The summed E-state index contributed by atoms with van der Waals surface area (Å²) in [4.78, 5) is 34.9. The van der Waals surface area contributed by atoms with Crippen LogP contribution in [0.2, 0.25) is 0 Å². The lowest BCUT2D eigenvalue weighted by atomic mass is 10.2. The summed E-state index contributed by atoms with van der Waals surface area (Å²) in [6.45, 7) is -0.495. The summed E-state index contributed by atoms with van der Waals surface area (Å²) < 4.78 is 26.8. The highest BCUT2D eigenvalue weighted by Gasteiger charge is 2.14. The molecule has 0 heterocycles. The highest BCUT2D eigenvalue weighted by Crippen LogP contribution is 2.06.